The fraction of sp³-hybridized carbons (Fsp3) is 0.364. The standard InChI is InChI=1S/C22H27FN4O2/c1-3-24-22(27-14-12-26(13-15-27)17(2)28)25-16-18-8-4-6-10-20(18)29-21-11-7-5-9-19(21)23/h4-11H,3,12-16H2,1-2H3,(H,24,25). The molecule has 1 aliphatic heterocycles. The lowest BCUT2D eigenvalue weighted by atomic mass is 10.2. The summed E-state index contributed by atoms with van der Waals surface area (Å²) in [5, 5.41) is 3.32. The molecule has 1 heterocycles. The zero-order valence-corrected chi connectivity index (χ0v) is 16.9. The van der Waals surface area contributed by atoms with Crippen molar-refractivity contribution in [1.29, 1.82) is 0 Å². The monoisotopic (exact) mass is 398 g/mol. The van der Waals surface area contributed by atoms with Crippen molar-refractivity contribution >= 4 is 11.9 Å². The van der Waals surface area contributed by atoms with Gasteiger partial charge in [-0.1, -0.05) is 30.3 Å². The summed E-state index contributed by atoms with van der Waals surface area (Å²) in [5.74, 6) is 1.28. The Kier molecular flexibility index (Phi) is 7.05. The van der Waals surface area contributed by atoms with Crippen LogP contribution in [-0.2, 0) is 11.3 Å². The number of nitrogens with zero attached hydrogens (tertiary/aromatic N) is 3. The number of rotatable bonds is 5. The molecule has 1 aliphatic rings. The van der Waals surface area contributed by atoms with Gasteiger partial charge < -0.3 is 19.9 Å². The molecule has 1 amide bonds. The van der Waals surface area contributed by atoms with Crippen molar-refractivity contribution in [2.45, 2.75) is 20.4 Å². The summed E-state index contributed by atoms with van der Waals surface area (Å²) in [4.78, 5) is 20.3. The lowest BCUT2D eigenvalue weighted by Crippen LogP contribution is -2.53. The number of amides is 1. The van der Waals surface area contributed by atoms with E-state index < -0.39 is 5.82 Å². The number of nitrogens with one attached hydrogen (secondary N) is 1. The minimum Gasteiger partial charge on any atom is -0.454 e. The number of hydrogen-bond acceptors (Lipinski definition) is 3. The molecule has 0 aliphatic carbocycles. The first-order chi connectivity index (χ1) is 14.1. The number of para-hydroxylation sites is 2. The second-order valence-electron chi connectivity index (χ2n) is 6.80. The van der Waals surface area contributed by atoms with Crippen LogP contribution >= 0.6 is 0 Å². The first kappa shape index (κ1) is 20.6. The van der Waals surface area contributed by atoms with Gasteiger partial charge in [0.2, 0.25) is 5.91 Å². The summed E-state index contributed by atoms with van der Waals surface area (Å²) in [5.41, 5.74) is 0.869. The van der Waals surface area contributed by atoms with Crippen molar-refractivity contribution < 1.29 is 13.9 Å². The number of aliphatic imine (C=N–C) groups is 1. The van der Waals surface area contributed by atoms with Crippen LogP contribution in [0.3, 0.4) is 0 Å². The molecule has 7 heteroatoms. The maximum absolute atomic E-state index is 14.0. The van der Waals surface area contributed by atoms with Crippen LogP contribution in [-0.4, -0.2) is 54.4 Å². The number of ether oxygens (including phenoxy) is 1. The fourth-order valence-electron chi connectivity index (χ4n) is 3.20. The molecule has 154 valence electrons. The first-order valence-electron chi connectivity index (χ1n) is 9.87. The molecule has 1 fully saturated rings. The number of carbonyl (C=O) groups excluding carboxylic acids is 1. The predicted octanol–water partition coefficient (Wildman–Crippen LogP) is 3.25. The van der Waals surface area contributed by atoms with Gasteiger partial charge in [0.25, 0.3) is 0 Å². The topological polar surface area (TPSA) is 57.2 Å². The molecule has 29 heavy (non-hydrogen) atoms. The van der Waals surface area contributed by atoms with Gasteiger partial charge in [-0.2, -0.15) is 0 Å². The molecule has 0 spiro atoms. The highest BCUT2D eigenvalue weighted by Gasteiger charge is 2.21. The van der Waals surface area contributed by atoms with E-state index in [2.05, 4.69) is 10.2 Å². The van der Waals surface area contributed by atoms with Crippen LogP contribution in [0.25, 0.3) is 0 Å². The molecular weight excluding hydrogens is 371 g/mol. The van der Waals surface area contributed by atoms with E-state index in [9.17, 15) is 9.18 Å². The van der Waals surface area contributed by atoms with Gasteiger partial charge in [0, 0.05) is 45.2 Å². The first-order valence-corrected chi connectivity index (χ1v) is 9.87. The maximum Gasteiger partial charge on any atom is 0.219 e. The van der Waals surface area contributed by atoms with E-state index in [1.165, 1.54) is 6.07 Å². The van der Waals surface area contributed by atoms with Crippen molar-refractivity contribution in [1.82, 2.24) is 15.1 Å². The second kappa shape index (κ2) is 9.91. The summed E-state index contributed by atoms with van der Waals surface area (Å²) >= 11 is 0. The molecule has 2 aromatic rings. The second-order valence-corrected chi connectivity index (χ2v) is 6.80. The zero-order chi connectivity index (χ0) is 20.6. The molecule has 1 saturated heterocycles. The van der Waals surface area contributed by atoms with E-state index in [0.29, 0.717) is 25.4 Å². The number of piperazine rings is 1. The van der Waals surface area contributed by atoms with Crippen molar-refractivity contribution in [3.05, 3.63) is 59.9 Å². The van der Waals surface area contributed by atoms with Crippen molar-refractivity contribution in [3.63, 3.8) is 0 Å². The summed E-state index contributed by atoms with van der Waals surface area (Å²) in [6, 6.07) is 13.9. The Morgan fingerprint density at radius 2 is 1.66 bits per heavy atom. The smallest absolute Gasteiger partial charge is 0.219 e. The lowest BCUT2D eigenvalue weighted by Gasteiger charge is -2.36. The molecular formula is C22H27FN4O2. The van der Waals surface area contributed by atoms with E-state index in [1.54, 1.807) is 25.1 Å². The highest BCUT2D eigenvalue weighted by molar-refractivity contribution is 5.80. The number of hydrogen-bond donors (Lipinski definition) is 1. The van der Waals surface area contributed by atoms with Crippen LogP contribution in [0.5, 0.6) is 11.5 Å². The summed E-state index contributed by atoms with van der Waals surface area (Å²) < 4.78 is 19.8. The van der Waals surface area contributed by atoms with Crippen LogP contribution in [0.15, 0.2) is 53.5 Å². The Hall–Kier alpha value is -3.09. The van der Waals surface area contributed by atoms with Gasteiger partial charge in [-0.15, -0.1) is 0 Å². The van der Waals surface area contributed by atoms with Crippen LogP contribution in [0.2, 0.25) is 0 Å². The van der Waals surface area contributed by atoms with Gasteiger partial charge in [-0.05, 0) is 25.1 Å². The van der Waals surface area contributed by atoms with E-state index in [0.717, 1.165) is 31.2 Å². The van der Waals surface area contributed by atoms with Crippen LogP contribution in [0.4, 0.5) is 4.39 Å². The Morgan fingerprint density at radius 1 is 1.03 bits per heavy atom. The largest absolute Gasteiger partial charge is 0.454 e. The van der Waals surface area contributed by atoms with Crippen molar-refractivity contribution in [3.8, 4) is 11.5 Å². The third-order valence-electron chi connectivity index (χ3n) is 4.79. The third kappa shape index (κ3) is 5.47. The number of carbonyl (C=O) groups is 1. The fourth-order valence-corrected chi connectivity index (χ4v) is 3.20. The Balaban J connectivity index is 1.73. The molecule has 3 rings (SSSR count). The average Bonchev–Trinajstić information content (AvgIpc) is 2.74. The highest BCUT2D eigenvalue weighted by atomic mass is 19.1. The summed E-state index contributed by atoms with van der Waals surface area (Å²) in [6.45, 7) is 7.62. The van der Waals surface area contributed by atoms with Crippen LogP contribution < -0.4 is 10.1 Å². The molecule has 2 aromatic carbocycles. The van der Waals surface area contributed by atoms with Gasteiger partial charge in [-0.3, -0.25) is 4.79 Å². The predicted molar refractivity (Wildman–Crippen MR) is 112 cm³/mol. The minimum atomic E-state index is -0.400. The van der Waals surface area contributed by atoms with Gasteiger partial charge >= 0.3 is 0 Å². The highest BCUT2D eigenvalue weighted by Crippen LogP contribution is 2.27. The van der Waals surface area contributed by atoms with Crippen molar-refractivity contribution in [2.75, 3.05) is 32.7 Å². The van der Waals surface area contributed by atoms with Crippen LogP contribution in [0.1, 0.15) is 19.4 Å². The molecule has 0 unspecified atom stereocenters. The SMILES string of the molecule is CCNC(=NCc1ccccc1Oc1ccccc1F)N1CCN(C(C)=O)CC1. The number of guanidine groups is 1. The lowest BCUT2D eigenvalue weighted by molar-refractivity contribution is -0.130. The Labute approximate surface area is 171 Å². The Morgan fingerprint density at radius 3 is 2.31 bits per heavy atom. The van der Waals surface area contributed by atoms with E-state index in [-0.39, 0.29) is 11.7 Å². The molecule has 6 nitrogen and oxygen atoms in total. The van der Waals surface area contributed by atoms with E-state index in [1.807, 2.05) is 36.1 Å². The Bertz CT molecular complexity index is 863. The maximum atomic E-state index is 14.0. The molecule has 0 radical (unpaired) electrons. The normalized spacial score (nSPS) is 14.7. The van der Waals surface area contributed by atoms with Crippen LogP contribution in [0, 0.1) is 5.82 Å². The minimum absolute atomic E-state index is 0.103. The molecule has 0 saturated carbocycles. The van der Waals surface area contributed by atoms with Crippen molar-refractivity contribution in [2.24, 2.45) is 4.99 Å². The van der Waals surface area contributed by atoms with E-state index >= 15 is 0 Å². The molecule has 0 bridgehead atoms. The van der Waals surface area contributed by atoms with Gasteiger partial charge in [-0.25, -0.2) is 9.38 Å². The summed E-state index contributed by atoms with van der Waals surface area (Å²) in [6.07, 6.45) is 0. The van der Waals surface area contributed by atoms with Gasteiger partial charge in [0.1, 0.15) is 5.75 Å². The third-order valence-corrected chi connectivity index (χ3v) is 4.79. The van der Waals surface area contributed by atoms with Gasteiger partial charge in [0.15, 0.2) is 17.5 Å². The number of halogens is 1. The zero-order valence-electron chi connectivity index (χ0n) is 16.9. The van der Waals surface area contributed by atoms with Gasteiger partial charge in [0.05, 0.1) is 6.54 Å². The number of benzene rings is 2. The molecule has 1 N–H and O–H groups in total. The summed E-state index contributed by atoms with van der Waals surface area (Å²) in [7, 11) is 0. The molecule has 0 aromatic heterocycles. The quantitative estimate of drug-likeness (QED) is 0.621. The molecule has 0 atom stereocenters. The van der Waals surface area contributed by atoms with E-state index in [4.69, 9.17) is 9.73 Å². The average molecular weight is 398 g/mol.